The highest BCUT2D eigenvalue weighted by molar-refractivity contribution is 8.13. The van der Waals surface area contributed by atoms with Gasteiger partial charge in [0.25, 0.3) is 0 Å². The van der Waals surface area contributed by atoms with Crippen LogP contribution in [0.2, 0.25) is 0 Å². The van der Waals surface area contributed by atoms with Gasteiger partial charge in [0.05, 0.1) is 0 Å². The maximum absolute atomic E-state index is 12.3. The van der Waals surface area contributed by atoms with E-state index in [1.165, 1.54) is 64.1 Å². The number of aliphatic carboxylic acids is 1. The molecular weight excluding hydrogens is 328 g/mol. The van der Waals surface area contributed by atoms with Crippen molar-refractivity contribution in [2.24, 2.45) is 5.92 Å². The molecule has 0 bridgehead atoms. The van der Waals surface area contributed by atoms with Gasteiger partial charge in [0.15, 0.2) is 5.12 Å². The number of rotatable bonds is 8. The Morgan fingerprint density at radius 2 is 1.79 bits per heavy atom. The molecule has 1 rings (SSSR count). The van der Waals surface area contributed by atoms with E-state index < -0.39 is 12.0 Å². The number of hydrogen-bond acceptors (Lipinski definition) is 4. The summed E-state index contributed by atoms with van der Waals surface area (Å²) in [5, 5.41) is 11.5. The molecule has 0 aliphatic heterocycles. The van der Waals surface area contributed by atoms with E-state index in [1.54, 1.807) is 4.90 Å². The van der Waals surface area contributed by atoms with Crippen molar-refractivity contribution in [1.29, 1.82) is 0 Å². The van der Waals surface area contributed by atoms with E-state index in [2.05, 4.69) is 5.32 Å². The zero-order valence-electron chi connectivity index (χ0n) is 14.8. The second kappa shape index (κ2) is 11.3. The molecule has 0 aromatic heterocycles. The molecule has 0 unspecified atom stereocenters. The van der Waals surface area contributed by atoms with Gasteiger partial charge in [-0.25, -0.2) is 4.79 Å². The van der Waals surface area contributed by atoms with Crippen LogP contribution in [0.4, 0.5) is 4.79 Å². The molecule has 1 fully saturated rings. The Hall–Kier alpha value is -1.24. The van der Waals surface area contributed by atoms with Gasteiger partial charge in [-0.1, -0.05) is 50.3 Å². The van der Waals surface area contributed by atoms with Crippen molar-refractivity contribution in [3.8, 4) is 0 Å². The molecule has 2 N–H and O–H groups in total. The highest BCUT2D eigenvalue weighted by Gasteiger charge is 2.21. The Morgan fingerprint density at radius 3 is 2.33 bits per heavy atom. The molecule has 0 spiro atoms. The summed E-state index contributed by atoms with van der Waals surface area (Å²) in [6.07, 6.45) is 8.48. The average Bonchev–Trinajstić information content (AvgIpc) is 2.78. The molecule has 138 valence electrons. The number of nitrogens with zero attached hydrogens (tertiary/aromatic N) is 1. The Kier molecular flexibility index (Phi) is 9.83. The summed E-state index contributed by atoms with van der Waals surface area (Å²) >= 11 is 1.19. The van der Waals surface area contributed by atoms with Crippen molar-refractivity contribution in [1.82, 2.24) is 10.2 Å². The number of amides is 2. The Morgan fingerprint density at radius 1 is 1.17 bits per heavy atom. The number of nitrogens with one attached hydrogen (secondary N) is 1. The maximum atomic E-state index is 12.3. The molecule has 2 amide bonds. The highest BCUT2D eigenvalue weighted by atomic mass is 32.2. The van der Waals surface area contributed by atoms with Crippen LogP contribution in [0.5, 0.6) is 0 Å². The summed E-state index contributed by atoms with van der Waals surface area (Å²) in [4.78, 5) is 36.0. The summed E-state index contributed by atoms with van der Waals surface area (Å²) in [5.41, 5.74) is 0. The van der Waals surface area contributed by atoms with Crippen molar-refractivity contribution in [3.63, 3.8) is 0 Å². The fourth-order valence-electron chi connectivity index (χ4n) is 2.94. The minimum atomic E-state index is -1.05. The molecule has 1 aliphatic rings. The SMILES string of the molecule is CC(=O)SCCN(CCC1CCCCCC1)C(=O)N[C@@H](C)C(=O)O. The summed E-state index contributed by atoms with van der Waals surface area (Å²) in [5.74, 6) is 0.125. The number of thioether (sulfide) groups is 1. The smallest absolute Gasteiger partial charge is 0.325 e. The van der Waals surface area contributed by atoms with Gasteiger partial charge < -0.3 is 15.3 Å². The van der Waals surface area contributed by atoms with Crippen LogP contribution < -0.4 is 5.32 Å². The van der Waals surface area contributed by atoms with Gasteiger partial charge in [-0.05, 0) is 19.3 Å². The lowest BCUT2D eigenvalue weighted by molar-refractivity contribution is -0.138. The normalized spacial score (nSPS) is 16.9. The number of carboxylic acid groups (broad SMARTS) is 1. The van der Waals surface area contributed by atoms with Crippen LogP contribution in [0, 0.1) is 5.92 Å². The minimum absolute atomic E-state index is 0.0260. The fourth-order valence-corrected chi connectivity index (χ4v) is 3.54. The van der Waals surface area contributed by atoms with Gasteiger partial charge in [0.1, 0.15) is 6.04 Å². The lowest BCUT2D eigenvalue weighted by atomic mass is 9.96. The quantitative estimate of drug-likeness (QED) is 0.651. The maximum Gasteiger partial charge on any atom is 0.325 e. The topological polar surface area (TPSA) is 86.7 Å². The number of hydrogen-bond donors (Lipinski definition) is 2. The number of carbonyl (C=O) groups excluding carboxylic acids is 2. The van der Waals surface area contributed by atoms with Crippen molar-refractivity contribution < 1.29 is 19.5 Å². The van der Waals surface area contributed by atoms with Gasteiger partial charge in [-0.15, -0.1) is 0 Å². The van der Waals surface area contributed by atoms with Gasteiger partial charge in [-0.2, -0.15) is 0 Å². The second-order valence-electron chi connectivity index (χ2n) is 6.48. The monoisotopic (exact) mass is 358 g/mol. The molecule has 6 nitrogen and oxygen atoms in total. The Balaban J connectivity index is 2.53. The number of urea groups is 1. The van der Waals surface area contributed by atoms with Crippen LogP contribution in [0.3, 0.4) is 0 Å². The van der Waals surface area contributed by atoms with Crippen molar-refractivity contribution in [2.45, 2.75) is 64.8 Å². The first-order valence-electron chi connectivity index (χ1n) is 8.81. The molecule has 0 radical (unpaired) electrons. The van der Waals surface area contributed by atoms with E-state index in [4.69, 9.17) is 5.11 Å². The molecule has 1 atom stereocenters. The van der Waals surface area contributed by atoms with E-state index in [1.807, 2.05) is 0 Å². The standard InChI is InChI=1S/C17H30N2O4S/c1-13(16(21)22)18-17(23)19(11-12-24-14(2)20)10-9-15-7-5-3-4-6-8-15/h13,15H,3-12H2,1-2H3,(H,18,23)(H,21,22)/t13-/m0/s1. The summed E-state index contributed by atoms with van der Waals surface area (Å²) < 4.78 is 0. The predicted octanol–water partition coefficient (Wildman–Crippen LogP) is 3.11. The van der Waals surface area contributed by atoms with Crippen LogP contribution in [0.1, 0.15) is 58.8 Å². The molecular formula is C17H30N2O4S. The van der Waals surface area contributed by atoms with Crippen molar-refractivity contribution in [3.05, 3.63) is 0 Å². The average molecular weight is 359 g/mol. The second-order valence-corrected chi connectivity index (χ2v) is 7.75. The molecule has 1 saturated carbocycles. The first kappa shape index (κ1) is 20.8. The molecule has 0 aromatic carbocycles. The van der Waals surface area contributed by atoms with Gasteiger partial charge in [0.2, 0.25) is 0 Å². The first-order chi connectivity index (χ1) is 11.4. The number of carboxylic acids is 1. The van der Waals surface area contributed by atoms with Gasteiger partial charge in [0, 0.05) is 25.8 Å². The van der Waals surface area contributed by atoms with E-state index in [0.29, 0.717) is 24.8 Å². The highest BCUT2D eigenvalue weighted by Crippen LogP contribution is 2.25. The Labute approximate surface area is 148 Å². The predicted molar refractivity (Wildman–Crippen MR) is 96.2 cm³/mol. The number of carbonyl (C=O) groups is 3. The van der Waals surface area contributed by atoms with Crippen molar-refractivity contribution >= 4 is 28.9 Å². The molecule has 24 heavy (non-hydrogen) atoms. The zero-order valence-corrected chi connectivity index (χ0v) is 15.6. The fraction of sp³-hybridized carbons (Fsp3) is 0.824. The van der Waals surface area contributed by atoms with E-state index in [9.17, 15) is 14.4 Å². The lowest BCUT2D eigenvalue weighted by Gasteiger charge is -2.26. The first-order valence-corrected chi connectivity index (χ1v) is 9.80. The van der Waals surface area contributed by atoms with Gasteiger partial charge in [-0.3, -0.25) is 9.59 Å². The third-order valence-corrected chi connectivity index (χ3v) is 5.24. The largest absolute Gasteiger partial charge is 0.480 e. The van der Waals surface area contributed by atoms with Gasteiger partial charge >= 0.3 is 12.0 Å². The molecule has 7 heteroatoms. The molecule has 0 heterocycles. The molecule has 0 saturated heterocycles. The van der Waals surface area contributed by atoms with Crippen LogP contribution >= 0.6 is 11.8 Å². The van der Waals surface area contributed by atoms with Crippen molar-refractivity contribution in [2.75, 3.05) is 18.8 Å². The van der Waals surface area contributed by atoms with Crippen LogP contribution in [0.15, 0.2) is 0 Å². The van der Waals surface area contributed by atoms with E-state index in [-0.39, 0.29) is 11.1 Å². The van der Waals surface area contributed by atoms with Crippen LogP contribution in [-0.4, -0.2) is 52.0 Å². The minimum Gasteiger partial charge on any atom is -0.480 e. The third-order valence-electron chi connectivity index (χ3n) is 4.45. The third kappa shape index (κ3) is 8.57. The Bertz CT molecular complexity index is 423. The summed E-state index contributed by atoms with van der Waals surface area (Å²) in [7, 11) is 0. The van der Waals surface area contributed by atoms with E-state index in [0.717, 1.165) is 6.42 Å². The van der Waals surface area contributed by atoms with Crippen LogP contribution in [0.25, 0.3) is 0 Å². The lowest BCUT2D eigenvalue weighted by Crippen LogP contribution is -2.48. The summed E-state index contributed by atoms with van der Waals surface area (Å²) in [6.45, 7) is 4.03. The zero-order chi connectivity index (χ0) is 17.9. The van der Waals surface area contributed by atoms with Crippen LogP contribution in [-0.2, 0) is 9.59 Å². The summed E-state index contributed by atoms with van der Waals surface area (Å²) in [6, 6.07) is -1.28. The van der Waals surface area contributed by atoms with E-state index >= 15 is 0 Å². The molecule has 0 aromatic rings. The molecule has 1 aliphatic carbocycles.